The van der Waals surface area contributed by atoms with Crippen LogP contribution in [0.3, 0.4) is 0 Å². The van der Waals surface area contributed by atoms with Crippen molar-refractivity contribution in [3.63, 3.8) is 0 Å². The summed E-state index contributed by atoms with van der Waals surface area (Å²) in [5.41, 5.74) is 1.35. The van der Waals surface area contributed by atoms with Crippen LogP contribution in [0.25, 0.3) is 5.65 Å². The maximum atomic E-state index is 12.6. The van der Waals surface area contributed by atoms with Gasteiger partial charge >= 0.3 is 0 Å². The van der Waals surface area contributed by atoms with E-state index >= 15 is 0 Å². The van der Waals surface area contributed by atoms with E-state index in [2.05, 4.69) is 15.6 Å². The number of hydrogen-bond acceptors (Lipinski definition) is 5. The van der Waals surface area contributed by atoms with Crippen LogP contribution in [0.2, 0.25) is 5.02 Å². The monoisotopic (exact) mass is 370 g/mol. The molecule has 2 aromatic heterocycles. The van der Waals surface area contributed by atoms with Gasteiger partial charge < -0.3 is 15.0 Å². The summed E-state index contributed by atoms with van der Waals surface area (Å²) < 4.78 is 24.8. The van der Waals surface area contributed by atoms with E-state index in [1.54, 1.807) is 28.9 Å². The van der Waals surface area contributed by atoms with Crippen LogP contribution in [0, 0.1) is 0 Å². The van der Waals surface area contributed by atoms with E-state index in [9.17, 15) is 13.2 Å². The Hall–Kier alpha value is -1.64. The standard InChI is InChI=1S/C15H19ClN4O3S/c1-24(22,23)15(4-6-17-7-5-15)14(21)18-8-12-10-20-9-11(16)2-3-13(20)19-12/h2-3,9-10,17H,4-8H2,1H3,(H,18,21). The van der Waals surface area contributed by atoms with E-state index < -0.39 is 20.5 Å². The van der Waals surface area contributed by atoms with Gasteiger partial charge in [0.2, 0.25) is 5.91 Å². The fourth-order valence-electron chi connectivity index (χ4n) is 3.03. The maximum absolute atomic E-state index is 12.6. The van der Waals surface area contributed by atoms with Gasteiger partial charge in [0.15, 0.2) is 14.6 Å². The summed E-state index contributed by atoms with van der Waals surface area (Å²) in [6.45, 7) is 1.18. The second-order valence-corrected chi connectivity index (χ2v) is 8.81. The van der Waals surface area contributed by atoms with E-state index in [0.717, 1.165) is 6.26 Å². The summed E-state index contributed by atoms with van der Waals surface area (Å²) in [7, 11) is -3.52. The highest BCUT2D eigenvalue weighted by Crippen LogP contribution is 2.28. The Bertz CT molecular complexity index is 872. The molecule has 1 aliphatic heterocycles. The predicted octanol–water partition coefficient (Wildman–Crippen LogP) is 0.771. The first kappa shape index (κ1) is 17.2. The Morgan fingerprint density at radius 1 is 1.38 bits per heavy atom. The topological polar surface area (TPSA) is 92.6 Å². The lowest BCUT2D eigenvalue weighted by atomic mass is 9.96. The van der Waals surface area contributed by atoms with Gasteiger partial charge in [0, 0.05) is 18.6 Å². The van der Waals surface area contributed by atoms with Gasteiger partial charge in [0.25, 0.3) is 0 Å². The quantitative estimate of drug-likeness (QED) is 0.829. The van der Waals surface area contributed by atoms with Crippen molar-refractivity contribution in [2.45, 2.75) is 24.1 Å². The molecule has 24 heavy (non-hydrogen) atoms. The first-order valence-electron chi connectivity index (χ1n) is 7.64. The van der Waals surface area contributed by atoms with Crippen molar-refractivity contribution in [1.29, 1.82) is 0 Å². The van der Waals surface area contributed by atoms with Crippen molar-refractivity contribution in [2.75, 3.05) is 19.3 Å². The molecule has 3 heterocycles. The molecule has 1 aliphatic rings. The van der Waals surface area contributed by atoms with Gasteiger partial charge in [-0.2, -0.15) is 0 Å². The third-order valence-corrected chi connectivity index (χ3v) is 6.67. The highest BCUT2D eigenvalue weighted by Gasteiger charge is 2.48. The number of halogens is 1. The zero-order chi connectivity index (χ0) is 17.4. The number of nitrogens with one attached hydrogen (secondary N) is 2. The second-order valence-electron chi connectivity index (χ2n) is 6.04. The molecule has 3 rings (SSSR count). The molecule has 9 heteroatoms. The molecule has 0 radical (unpaired) electrons. The zero-order valence-electron chi connectivity index (χ0n) is 13.3. The minimum Gasteiger partial charge on any atom is -0.349 e. The van der Waals surface area contributed by atoms with Gasteiger partial charge in [0.1, 0.15) is 5.65 Å². The number of carbonyl (C=O) groups is 1. The fourth-order valence-corrected chi connectivity index (χ4v) is 4.55. The Labute approximate surface area is 145 Å². The fraction of sp³-hybridized carbons (Fsp3) is 0.467. The summed E-state index contributed by atoms with van der Waals surface area (Å²) in [5, 5.41) is 6.41. The molecule has 0 spiro atoms. The molecule has 1 amide bonds. The molecule has 2 aromatic rings. The number of pyridine rings is 1. The number of sulfone groups is 1. The van der Waals surface area contributed by atoms with Crippen molar-refractivity contribution >= 4 is 33.0 Å². The van der Waals surface area contributed by atoms with Crippen LogP contribution in [-0.4, -0.2) is 47.8 Å². The number of aromatic nitrogens is 2. The lowest BCUT2D eigenvalue weighted by molar-refractivity contribution is -0.124. The molecular weight excluding hydrogens is 352 g/mol. The highest BCUT2D eigenvalue weighted by molar-refractivity contribution is 7.92. The van der Waals surface area contributed by atoms with E-state index in [4.69, 9.17) is 11.6 Å². The van der Waals surface area contributed by atoms with Crippen LogP contribution < -0.4 is 10.6 Å². The molecule has 2 N–H and O–H groups in total. The first-order chi connectivity index (χ1) is 11.3. The van der Waals surface area contributed by atoms with Gasteiger partial charge in [0.05, 0.1) is 17.3 Å². The third kappa shape index (κ3) is 3.13. The summed E-state index contributed by atoms with van der Waals surface area (Å²) in [6, 6.07) is 3.51. The molecule has 0 aromatic carbocycles. The van der Waals surface area contributed by atoms with Gasteiger partial charge in [-0.15, -0.1) is 0 Å². The van der Waals surface area contributed by atoms with E-state index in [1.807, 2.05) is 0 Å². The van der Waals surface area contributed by atoms with Gasteiger partial charge in [-0.05, 0) is 38.1 Å². The number of hydrogen-bond donors (Lipinski definition) is 2. The summed E-state index contributed by atoms with van der Waals surface area (Å²) in [5.74, 6) is -0.457. The largest absolute Gasteiger partial charge is 0.349 e. The Balaban J connectivity index is 1.77. The molecule has 0 saturated carbocycles. The molecule has 0 unspecified atom stereocenters. The van der Waals surface area contributed by atoms with Crippen molar-refractivity contribution in [3.05, 3.63) is 35.2 Å². The number of carbonyl (C=O) groups excluding carboxylic acids is 1. The van der Waals surface area contributed by atoms with Crippen LogP contribution in [0.1, 0.15) is 18.5 Å². The van der Waals surface area contributed by atoms with Crippen molar-refractivity contribution in [3.8, 4) is 0 Å². The SMILES string of the molecule is CS(=O)(=O)C1(C(=O)NCc2cn3cc(Cl)ccc3n2)CCNCC1. The molecule has 0 aliphatic carbocycles. The molecule has 0 bridgehead atoms. The predicted molar refractivity (Wildman–Crippen MR) is 91.7 cm³/mol. The number of piperidine rings is 1. The Morgan fingerprint density at radius 2 is 2.08 bits per heavy atom. The third-order valence-electron chi connectivity index (χ3n) is 4.43. The molecule has 1 fully saturated rings. The maximum Gasteiger partial charge on any atom is 0.241 e. The van der Waals surface area contributed by atoms with Crippen LogP contribution in [0.5, 0.6) is 0 Å². The van der Waals surface area contributed by atoms with E-state index in [-0.39, 0.29) is 19.4 Å². The van der Waals surface area contributed by atoms with Gasteiger partial charge in [-0.25, -0.2) is 13.4 Å². The van der Waals surface area contributed by atoms with Crippen molar-refractivity contribution in [1.82, 2.24) is 20.0 Å². The average molecular weight is 371 g/mol. The lowest BCUT2D eigenvalue weighted by Gasteiger charge is -2.34. The number of nitrogens with zero attached hydrogens (tertiary/aromatic N) is 2. The first-order valence-corrected chi connectivity index (χ1v) is 9.90. The smallest absolute Gasteiger partial charge is 0.241 e. The van der Waals surface area contributed by atoms with E-state index in [0.29, 0.717) is 29.5 Å². The van der Waals surface area contributed by atoms with Crippen molar-refractivity contribution < 1.29 is 13.2 Å². The zero-order valence-corrected chi connectivity index (χ0v) is 14.8. The Kier molecular flexibility index (Phi) is 4.54. The van der Waals surface area contributed by atoms with Crippen LogP contribution in [-0.2, 0) is 21.2 Å². The molecule has 130 valence electrons. The van der Waals surface area contributed by atoms with Crippen LogP contribution in [0.15, 0.2) is 24.5 Å². The van der Waals surface area contributed by atoms with Crippen LogP contribution in [0.4, 0.5) is 0 Å². The van der Waals surface area contributed by atoms with Gasteiger partial charge in [-0.1, -0.05) is 11.6 Å². The van der Waals surface area contributed by atoms with Crippen LogP contribution >= 0.6 is 11.6 Å². The lowest BCUT2D eigenvalue weighted by Crippen LogP contribution is -2.57. The highest BCUT2D eigenvalue weighted by atomic mass is 35.5. The summed E-state index contributed by atoms with van der Waals surface area (Å²) in [4.78, 5) is 17.0. The minimum atomic E-state index is -3.52. The Morgan fingerprint density at radius 3 is 2.75 bits per heavy atom. The minimum absolute atomic E-state index is 0.169. The number of amides is 1. The molecule has 7 nitrogen and oxygen atoms in total. The van der Waals surface area contributed by atoms with Gasteiger partial charge in [-0.3, -0.25) is 4.79 Å². The summed E-state index contributed by atoms with van der Waals surface area (Å²) in [6.07, 6.45) is 5.17. The van der Waals surface area contributed by atoms with E-state index in [1.165, 1.54) is 0 Å². The number of rotatable bonds is 4. The summed E-state index contributed by atoms with van der Waals surface area (Å²) >= 11 is 5.93. The number of imidazole rings is 1. The molecule has 1 saturated heterocycles. The normalized spacial score (nSPS) is 17.8. The average Bonchev–Trinajstić information content (AvgIpc) is 2.94. The van der Waals surface area contributed by atoms with Crippen molar-refractivity contribution in [2.24, 2.45) is 0 Å². The molecular formula is C15H19ClN4O3S. The molecule has 0 atom stereocenters. The second kappa shape index (κ2) is 6.34. The number of fused-ring (bicyclic) bond motifs is 1.